The first-order valence-corrected chi connectivity index (χ1v) is 7.04. The van der Waals surface area contributed by atoms with Crippen molar-refractivity contribution in [2.24, 2.45) is 0 Å². The van der Waals surface area contributed by atoms with Gasteiger partial charge in [0.1, 0.15) is 0 Å². The van der Waals surface area contributed by atoms with E-state index in [9.17, 15) is 18.0 Å². The quantitative estimate of drug-likeness (QED) is 0.781. The summed E-state index contributed by atoms with van der Waals surface area (Å²) in [5, 5.41) is 20.4. The molecule has 0 saturated heterocycles. The molecule has 0 aliphatic heterocycles. The fourth-order valence-corrected chi connectivity index (χ4v) is 2.00. The Morgan fingerprint density at radius 1 is 1.12 bits per heavy atom. The standard InChI is InChI=1S/C15H15F3N4O2/c16-15(17,18)12-6-7-13(22-21-12)20-14(24)19-11(8-9-23)10-4-2-1-3-5-10/h1-7,11,23H,8-9H2,(H2,19,20,22,24)/t11-/m1/s1. The maximum absolute atomic E-state index is 12.4. The number of halogens is 3. The zero-order valence-electron chi connectivity index (χ0n) is 12.4. The summed E-state index contributed by atoms with van der Waals surface area (Å²) in [4.78, 5) is 12.0. The summed E-state index contributed by atoms with van der Waals surface area (Å²) in [5.74, 6) is -0.115. The van der Waals surface area contributed by atoms with Gasteiger partial charge in [-0.25, -0.2) is 4.79 Å². The largest absolute Gasteiger partial charge is 0.435 e. The maximum Gasteiger partial charge on any atom is 0.435 e. The third-order valence-electron chi connectivity index (χ3n) is 3.12. The second kappa shape index (κ2) is 7.73. The van der Waals surface area contributed by atoms with E-state index >= 15 is 0 Å². The fourth-order valence-electron chi connectivity index (χ4n) is 2.00. The van der Waals surface area contributed by atoms with E-state index in [1.807, 2.05) is 6.07 Å². The molecule has 0 radical (unpaired) electrons. The summed E-state index contributed by atoms with van der Waals surface area (Å²) in [7, 11) is 0. The van der Waals surface area contributed by atoms with Gasteiger partial charge < -0.3 is 10.4 Å². The number of nitrogens with one attached hydrogen (secondary N) is 2. The van der Waals surface area contributed by atoms with Crippen molar-refractivity contribution in [2.45, 2.75) is 18.6 Å². The van der Waals surface area contributed by atoms with E-state index in [1.165, 1.54) is 0 Å². The van der Waals surface area contributed by atoms with Gasteiger partial charge in [-0.15, -0.1) is 10.2 Å². The summed E-state index contributed by atoms with van der Waals surface area (Å²) in [6.45, 7) is -0.139. The predicted molar refractivity (Wildman–Crippen MR) is 80.1 cm³/mol. The van der Waals surface area contributed by atoms with E-state index < -0.39 is 23.9 Å². The second-order valence-corrected chi connectivity index (χ2v) is 4.88. The highest BCUT2D eigenvalue weighted by Crippen LogP contribution is 2.27. The summed E-state index contributed by atoms with van der Waals surface area (Å²) in [6, 6.07) is 9.62. The molecule has 0 unspecified atom stereocenters. The van der Waals surface area contributed by atoms with Crippen molar-refractivity contribution < 1.29 is 23.1 Å². The maximum atomic E-state index is 12.4. The number of nitrogens with zero attached hydrogens (tertiary/aromatic N) is 2. The van der Waals surface area contributed by atoms with Crippen LogP contribution in [0.1, 0.15) is 23.7 Å². The molecule has 2 amide bonds. The number of aliphatic hydroxyl groups excluding tert-OH is 1. The molecule has 0 bridgehead atoms. The minimum atomic E-state index is -4.59. The molecule has 128 valence electrons. The molecule has 24 heavy (non-hydrogen) atoms. The number of urea groups is 1. The molecule has 6 nitrogen and oxygen atoms in total. The summed E-state index contributed by atoms with van der Waals surface area (Å²) < 4.78 is 37.2. The van der Waals surface area contributed by atoms with Crippen molar-refractivity contribution in [1.29, 1.82) is 0 Å². The van der Waals surface area contributed by atoms with Crippen molar-refractivity contribution in [1.82, 2.24) is 15.5 Å². The van der Waals surface area contributed by atoms with Gasteiger partial charge in [-0.2, -0.15) is 13.2 Å². The number of alkyl halides is 3. The van der Waals surface area contributed by atoms with Crippen LogP contribution in [-0.4, -0.2) is 27.9 Å². The highest BCUT2D eigenvalue weighted by atomic mass is 19.4. The molecule has 0 spiro atoms. The molecule has 1 heterocycles. The summed E-state index contributed by atoms with van der Waals surface area (Å²) >= 11 is 0. The highest BCUT2D eigenvalue weighted by molar-refractivity contribution is 5.88. The molecule has 0 aliphatic rings. The van der Waals surface area contributed by atoms with E-state index in [-0.39, 0.29) is 18.8 Å². The average Bonchev–Trinajstić information content (AvgIpc) is 2.55. The molecule has 0 aliphatic carbocycles. The van der Waals surface area contributed by atoms with Gasteiger partial charge in [-0.05, 0) is 24.1 Å². The van der Waals surface area contributed by atoms with Gasteiger partial charge in [-0.1, -0.05) is 30.3 Å². The van der Waals surface area contributed by atoms with Crippen molar-refractivity contribution in [3.05, 3.63) is 53.7 Å². The van der Waals surface area contributed by atoms with Gasteiger partial charge in [0.15, 0.2) is 11.5 Å². The number of carbonyl (C=O) groups excluding carboxylic acids is 1. The van der Waals surface area contributed by atoms with E-state index in [0.29, 0.717) is 0 Å². The van der Waals surface area contributed by atoms with Gasteiger partial charge in [0.2, 0.25) is 0 Å². The molecule has 0 saturated carbocycles. The van der Waals surface area contributed by atoms with Gasteiger partial charge in [0, 0.05) is 6.61 Å². The molecule has 9 heteroatoms. The van der Waals surface area contributed by atoms with Crippen LogP contribution in [0.25, 0.3) is 0 Å². The number of rotatable bonds is 5. The van der Waals surface area contributed by atoms with Crippen molar-refractivity contribution in [3.63, 3.8) is 0 Å². The molecular weight excluding hydrogens is 325 g/mol. The molecule has 1 aromatic carbocycles. The first-order valence-electron chi connectivity index (χ1n) is 7.04. The van der Waals surface area contributed by atoms with Crippen LogP contribution in [0.3, 0.4) is 0 Å². The first kappa shape index (κ1) is 17.7. The average molecular weight is 340 g/mol. The Hall–Kier alpha value is -2.68. The minimum Gasteiger partial charge on any atom is -0.396 e. The number of hydrogen-bond acceptors (Lipinski definition) is 4. The van der Waals surface area contributed by atoms with E-state index in [1.54, 1.807) is 24.3 Å². The Morgan fingerprint density at radius 2 is 1.83 bits per heavy atom. The van der Waals surface area contributed by atoms with Gasteiger partial charge >= 0.3 is 12.2 Å². The van der Waals surface area contributed by atoms with Crippen LogP contribution in [-0.2, 0) is 6.18 Å². The van der Waals surface area contributed by atoms with Crippen LogP contribution >= 0.6 is 0 Å². The molecule has 0 fully saturated rings. The smallest absolute Gasteiger partial charge is 0.396 e. The first-order chi connectivity index (χ1) is 11.4. The normalized spacial score (nSPS) is 12.5. The van der Waals surface area contributed by atoms with Crippen LogP contribution < -0.4 is 10.6 Å². The van der Waals surface area contributed by atoms with Crippen LogP contribution in [0, 0.1) is 0 Å². The fraction of sp³-hybridized carbons (Fsp3) is 0.267. The molecule has 1 atom stereocenters. The number of hydrogen-bond donors (Lipinski definition) is 3. The third kappa shape index (κ3) is 4.92. The second-order valence-electron chi connectivity index (χ2n) is 4.88. The zero-order chi connectivity index (χ0) is 17.6. The Kier molecular flexibility index (Phi) is 5.69. The van der Waals surface area contributed by atoms with E-state index in [0.717, 1.165) is 17.7 Å². The monoisotopic (exact) mass is 340 g/mol. The highest BCUT2D eigenvalue weighted by Gasteiger charge is 2.32. The number of amides is 2. The third-order valence-corrected chi connectivity index (χ3v) is 3.12. The van der Waals surface area contributed by atoms with Crippen LogP contribution in [0.2, 0.25) is 0 Å². The Bertz CT molecular complexity index is 663. The van der Waals surface area contributed by atoms with E-state index in [2.05, 4.69) is 20.8 Å². The molecule has 2 aromatic rings. The topological polar surface area (TPSA) is 87.1 Å². The van der Waals surface area contributed by atoms with Crippen LogP contribution in [0.15, 0.2) is 42.5 Å². The van der Waals surface area contributed by atoms with Crippen molar-refractivity contribution in [3.8, 4) is 0 Å². The Labute approximate surface area is 135 Å². The lowest BCUT2D eigenvalue weighted by Crippen LogP contribution is -2.33. The molecule has 3 N–H and O–H groups in total. The molecule has 1 aromatic heterocycles. The SMILES string of the molecule is O=C(Nc1ccc(C(F)(F)F)nn1)N[C@H](CCO)c1ccccc1. The number of anilines is 1. The lowest BCUT2D eigenvalue weighted by atomic mass is 10.0. The predicted octanol–water partition coefficient (Wildman–Crippen LogP) is 2.74. The minimum absolute atomic E-state index is 0.115. The van der Waals surface area contributed by atoms with Crippen molar-refractivity contribution >= 4 is 11.8 Å². The zero-order valence-corrected chi connectivity index (χ0v) is 12.4. The summed E-state index contributed by atoms with van der Waals surface area (Å²) in [5.41, 5.74) is -0.351. The lowest BCUT2D eigenvalue weighted by Gasteiger charge is -2.18. The summed E-state index contributed by atoms with van der Waals surface area (Å²) in [6.07, 6.45) is -4.30. The van der Waals surface area contributed by atoms with Gasteiger partial charge in [0.05, 0.1) is 6.04 Å². The Morgan fingerprint density at radius 3 is 2.38 bits per heavy atom. The number of benzene rings is 1. The molecule has 2 rings (SSSR count). The van der Waals surface area contributed by atoms with Crippen molar-refractivity contribution in [2.75, 3.05) is 11.9 Å². The van der Waals surface area contributed by atoms with Gasteiger partial charge in [0.25, 0.3) is 0 Å². The lowest BCUT2D eigenvalue weighted by molar-refractivity contribution is -0.141. The molecular formula is C15H15F3N4O2. The Balaban J connectivity index is 2.01. The van der Waals surface area contributed by atoms with Gasteiger partial charge in [-0.3, -0.25) is 5.32 Å². The number of aliphatic hydroxyl groups is 1. The number of aromatic nitrogens is 2. The van der Waals surface area contributed by atoms with Crippen LogP contribution in [0.5, 0.6) is 0 Å². The van der Waals surface area contributed by atoms with Crippen LogP contribution in [0.4, 0.5) is 23.8 Å². The van der Waals surface area contributed by atoms with E-state index in [4.69, 9.17) is 5.11 Å². The number of carbonyl (C=O) groups is 1.